The van der Waals surface area contributed by atoms with Gasteiger partial charge in [-0.05, 0) is 24.5 Å². The Labute approximate surface area is 137 Å². The number of Topliss-reactive ketones (excluding diaryl/α,β-unsaturated/α-hetero) is 1. The first kappa shape index (κ1) is 17.4. The van der Waals surface area contributed by atoms with E-state index in [4.69, 9.17) is 0 Å². The van der Waals surface area contributed by atoms with Crippen LogP contribution in [0.2, 0.25) is 0 Å². The topological polar surface area (TPSA) is 32.7 Å². The normalized spacial score (nSPS) is 24.0. The average Bonchev–Trinajstić information content (AvgIpc) is 2.86. The Morgan fingerprint density at radius 2 is 1.91 bits per heavy atom. The second-order valence-electron chi connectivity index (χ2n) is 5.97. The van der Waals surface area contributed by atoms with Crippen LogP contribution >= 0.6 is 0 Å². The van der Waals surface area contributed by atoms with Crippen molar-refractivity contribution in [2.75, 3.05) is 7.05 Å². The number of alkyl halides is 1. The van der Waals surface area contributed by atoms with Crippen molar-refractivity contribution < 1.29 is 9.18 Å². The van der Waals surface area contributed by atoms with E-state index in [0.29, 0.717) is 24.4 Å². The lowest BCUT2D eigenvalue weighted by molar-refractivity contribution is -0.115. The molecule has 23 heavy (non-hydrogen) atoms. The number of carbonyl (C=O) groups excluding carboxylic acids is 1. The smallest absolute Gasteiger partial charge is 0.180 e. The number of carbonyl (C=O) groups is 1. The summed E-state index contributed by atoms with van der Waals surface area (Å²) in [5, 5.41) is 0. The highest BCUT2D eigenvalue weighted by Crippen LogP contribution is 2.34. The van der Waals surface area contributed by atoms with Gasteiger partial charge in [0.05, 0.1) is 6.04 Å². The number of hydrogen-bond acceptors (Lipinski definition) is 2. The second-order valence-corrected chi connectivity index (χ2v) is 5.97. The third-order valence-corrected chi connectivity index (χ3v) is 4.47. The molecule has 1 aliphatic rings. The molecule has 0 aliphatic carbocycles. The van der Waals surface area contributed by atoms with Crippen LogP contribution in [0.5, 0.6) is 0 Å². The van der Waals surface area contributed by atoms with Crippen LogP contribution < -0.4 is 0 Å². The van der Waals surface area contributed by atoms with Gasteiger partial charge < -0.3 is 4.90 Å². The quantitative estimate of drug-likeness (QED) is 0.751. The van der Waals surface area contributed by atoms with Crippen LogP contribution in [0.15, 0.2) is 46.6 Å². The molecule has 1 saturated heterocycles. The van der Waals surface area contributed by atoms with Gasteiger partial charge in [0.15, 0.2) is 12.0 Å². The predicted molar refractivity (Wildman–Crippen MR) is 92.2 cm³/mol. The van der Waals surface area contributed by atoms with Gasteiger partial charge in [-0.3, -0.25) is 4.79 Å². The summed E-state index contributed by atoms with van der Waals surface area (Å²) in [7, 11) is 1.85. The molecule has 0 saturated carbocycles. The molecule has 0 amide bonds. The van der Waals surface area contributed by atoms with Crippen molar-refractivity contribution in [1.29, 1.82) is 0 Å². The van der Waals surface area contributed by atoms with Gasteiger partial charge >= 0.3 is 0 Å². The predicted octanol–water partition coefficient (Wildman–Crippen LogP) is 4.46. The van der Waals surface area contributed by atoms with Gasteiger partial charge in [-0.25, -0.2) is 9.38 Å². The highest BCUT2D eigenvalue weighted by atomic mass is 19.1. The lowest BCUT2D eigenvalue weighted by Crippen LogP contribution is -2.26. The number of likely N-dealkylation sites (tertiary alicyclic amines) is 1. The Kier molecular flexibility index (Phi) is 5.69. The molecule has 2 unspecified atom stereocenters. The molecule has 0 spiro atoms. The van der Waals surface area contributed by atoms with Gasteiger partial charge in [-0.1, -0.05) is 44.2 Å². The van der Waals surface area contributed by atoms with Crippen molar-refractivity contribution in [2.45, 2.75) is 52.2 Å². The maximum atomic E-state index is 14.6. The van der Waals surface area contributed by atoms with Crippen LogP contribution in [0.3, 0.4) is 0 Å². The number of ketones is 1. The Morgan fingerprint density at radius 1 is 1.26 bits per heavy atom. The fraction of sp³-hybridized carbons (Fsp3) is 0.474. The molecular weight excluding hydrogens is 291 g/mol. The molecule has 0 radical (unpaired) electrons. The van der Waals surface area contributed by atoms with E-state index >= 15 is 0 Å². The number of rotatable bonds is 5. The Bertz CT molecular complexity index is 622. The zero-order chi connectivity index (χ0) is 17.0. The van der Waals surface area contributed by atoms with Gasteiger partial charge in [0.25, 0.3) is 0 Å². The first-order valence-electron chi connectivity index (χ1n) is 8.22. The Morgan fingerprint density at radius 3 is 2.48 bits per heavy atom. The number of halogens is 1. The van der Waals surface area contributed by atoms with Crippen LogP contribution in [0.25, 0.3) is 0 Å². The maximum absolute atomic E-state index is 14.6. The Hall–Kier alpha value is -1.97. The van der Waals surface area contributed by atoms with Gasteiger partial charge in [0, 0.05) is 19.9 Å². The highest BCUT2D eigenvalue weighted by Gasteiger charge is 2.36. The van der Waals surface area contributed by atoms with Crippen molar-refractivity contribution in [3.8, 4) is 0 Å². The third kappa shape index (κ3) is 3.69. The van der Waals surface area contributed by atoms with Crippen LogP contribution in [0, 0.1) is 0 Å². The van der Waals surface area contributed by atoms with E-state index in [2.05, 4.69) is 4.99 Å². The summed E-state index contributed by atoms with van der Waals surface area (Å²) in [6, 6.07) is 9.83. The molecule has 0 aromatic heterocycles. The molecule has 3 nitrogen and oxygen atoms in total. The monoisotopic (exact) mass is 316 g/mol. The number of hydrogen-bond donors (Lipinski definition) is 0. The molecular formula is C19H25FN2O. The van der Waals surface area contributed by atoms with Gasteiger partial charge in [-0.2, -0.15) is 0 Å². The highest BCUT2D eigenvalue weighted by molar-refractivity contribution is 6.00. The minimum absolute atomic E-state index is 0.0272. The van der Waals surface area contributed by atoms with Gasteiger partial charge in [0.2, 0.25) is 0 Å². The summed E-state index contributed by atoms with van der Waals surface area (Å²) in [5.41, 5.74) is 2.41. The van der Waals surface area contributed by atoms with Crippen LogP contribution in [-0.2, 0) is 4.79 Å². The van der Waals surface area contributed by atoms with Crippen molar-refractivity contribution in [1.82, 2.24) is 4.90 Å². The standard InChI is InChI=1S/C19H25FN2O/c1-5-13(3)18(17(23)6-2)21-19-15(20)12-16(22(19)4)14-10-8-7-9-11-14/h7-11,15-16H,5-6,12H2,1-4H3. The largest absolute Gasteiger partial charge is 0.353 e. The number of amidine groups is 1. The van der Waals surface area contributed by atoms with Gasteiger partial charge in [0.1, 0.15) is 11.5 Å². The molecule has 1 aromatic carbocycles. The summed E-state index contributed by atoms with van der Waals surface area (Å²) < 4.78 is 14.6. The first-order chi connectivity index (χ1) is 11.0. The van der Waals surface area contributed by atoms with Crippen molar-refractivity contribution in [3.05, 3.63) is 47.2 Å². The number of aliphatic imine (C=N–C) groups is 1. The lowest BCUT2D eigenvalue weighted by atomic mass is 10.0. The molecule has 1 fully saturated rings. The number of nitrogens with zero attached hydrogens (tertiary/aromatic N) is 2. The van der Waals surface area contributed by atoms with E-state index < -0.39 is 6.17 Å². The van der Waals surface area contributed by atoms with Crippen molar-refractivity contribution >= 4 is 11.6 Å². The number of benzene rings is 1. The summed E-state index contributed by atoms with van der Waals surface area (Å²) >= 11 is 0. The molecule has 124 valence electrons. The lowest BCUT2D eigenvalue weighted by Gasteiger charge is -2.22. The Balaban J connectivity index is 2.37. The fourth-order valence-corrected chi connectivity index (χ4v) is 2.87. The molecule has 0 N–H and O–H groups in total. The molecule has 0 bridgehead atoms. The zero-order valence-electron chi connectivity index (χ0n) is 14.3. The fourth-order valence-electron chi connectivity index (χ4n) is 2.87. The van der Waals surface area contributed by atoms with E-state index in [1.165, 1.54) is 0 Å². The minimum atomic E-state index is -1.14. The van der Waals surface area contributed by atoms with E-state index in [1.54, 1.807) is 0 Å². The van der Waals surface area contributed by atoms with Gasteiger partial charge in [-0.15, -0.1) is 0 Å². The van der Waals surface area contributed by atoms with Crippen molar-refractivity contribution in [3.63, 3.8) is 0 Å². The SMILES string of the molecule is CCC(=O)C(N=C1C(F)CC(c2ccccc2)N1C)=C(C)CC. The van der Waals surface area contributed by atoms with Crippen LogP contribution in [0.4, 0.5) is 4.39 Å². The molecule has 1 heterocycles. The van der Waals surface area contributed by atoms with E-state index in [-0.39, 0.29) is 11.8 Å². The van der Waals surface area contributed by atoms with Crippen LogP contribution in [-0.4, -0.2) is 29.7 Å². The third-order valence-electron chi connectivity index (χ3n) is 4.47. The molecule has 1 aliphatic heterocycles. The summed E-state index contributed by atoms with van der Waals surface area (Å²) in [6.07, 6.45) is 0.347. The van der Waals surface area contributed by atoms with Crippen molar-refractivity contribution in [2.24, 2.45) is 4.99 Å². The zero-order valence-corrected chi connectivity index (χ0v) is 14.3. The maximum Gasteiger partial charge on any atom is 0.180 e. The van der Waals surface area contributed by atoms with Crippen LogP contribution in [0.1, 0.15) is 51.6 Å². The molecule has 2 rings (SSSR count). The van der Waals surface area contributed by atoms with E-state index in [1.807, 2.05) is 63.1 Å². The molecule has 4 heteroatoms. The summed E-state index contributed by atoms with van der Waals surface area (Å²) in [5.74, 6) is 0.337. The summed E-state index contributed by atoms with van der Waals surface area (Å²) in [6.45, 7) is 5.68. The number of allylic oxidation sites excluding steroid dienone is 2. The average molecular weight is 316 g/mol. The minimum Gasteiger partial charge on any atom is -0.353 e. The molecule has 1 aromatic rings. The summed E-state index contributed by atoms with van der Waals surface area (Å²) in [4.78, 5) is 18.5. The molecule has 2 atom stereocenters. The first-order valence-corrected chi connectivity index (χ1v) is 8.22. The second kappa shape index (κ2) is 7.53. The van der Waals surface area contributed by atoms with E-state index in [9.17, 15) is 9.18 Å². The van der Waals surface area contributed by atoms with E-state index in [0.717, 1.165) is 17.6 Å².